The third kappa shape index (κ3) is 3.95. The first-order valence-electron chi connectivity index (χ1n) is 7.66. The third-order valence-corrected chi connectivity index (χ3v) is 6.03. The summed E-state index contributed by atoms with van der Waals surface area (Å²) < 4.78 is 54.0. The van der Waals surface area contributed by atoms with Crippen molar-refractivity contribution in [1.82, 2.24) is 0 Å². The standard InChI is InChI=1S/C19H16O5S2/c1-25(20,21)16-10-7-11-17(14-16)26(22,23)24-19-13-6-5-12-18(19)15-8-3-2-4-9-15/h2-14H,1H3. The molecule has 0 radical (unpaired) electrons. The highest BCUT2D eigenvalue weighted by Gasteiger charge is 2.21. The van der Waals surface area contributed by atoms with Crippen LogP contribution in [-0.4, -0.2) is 23.1 Å². The highest BCUT2D eigenvalue weighted by molar-refractivity contribution is 7.90. The van der Waals surface area contributed by atoms with Crippen molar-refractivity contribution in [1.29, 1.82) is 0 Å². The molecule has 0 amide bonds. The van der Waals surface area contributed by atoms with Crippen LogP contribution in [0.2, 0.25) is 0 Å². The Morgan fingerprint density at radius 3 is 2.00 bits per heavy atom. The summed E-state index contributed by atoms with van der Waals surface area (Å²) in [5.74, 6) is 0.170. The Morgan fingerprint density at radius 1 is 0.692 bits per heavy atom. The van der Waals surface area contributed by atoms with E-state index in [0.717, 1.165) is 17.9 Å². The molecule has 0 N–H and O–H groups in total. The average Bonchev–Trinajstić information content (AvgIpc) is 2.62. The number of rotatable bonds is 5. The molecule has 3 rings (SSSR count). The Morgan fingerprint density at radius 2 is 1.31 bits per heavy atom. The molecule has 0 fully saturated rings. The van der Waals surface area contributed by atoms with Crippen LogP contribution in [-0.2, 0) is 20.0 Å². The Bertz CT molecular complexity index is 1140. The summed E-state index contributed by atoms with van der Waals surface area (Å²) in [7, 11) is -7.72. The number of hydrogen-bond acceptors (Lipinski definition) is 5. The van der Waals surface area contributed by atoms with Gasteiger partial charge in [-0.15, -0.1) is 0 Å². The minimum Gasteiger partial charge on any atom is -0.378 e. The maximum absolute atomic E-state index is 12.6. The summed E-state index contributed by atoms with van der Waals surface area (Å²) in [6, 6.07) is 21.1. The van der Waals surface area contributed by atoms with Crippen LogP contribution in [0.4, 0.5) is 0 Å². The van der Waals surface area contributed by atoms with E-state index in [-0.39, 0.29) is 15.5 Å². The lowest BCUT2D eigenvalue weighted by atomic mass is 10.1. The SMILES string of the molecule is CS(=O)(=O)c1cccc(S(=O)(=O)Oc2ccccc2-c2ccccc2)c1. The lowest BCUT2D eigenvalue weighted by molar-refractivity contribution is 0.486. The molecule has 0 aromatic heterocycles. The Kier molecular flexibility index (Phi) is 4.84. The summed E-state index contributed by atoms with van der Waals surface area (Å²) in [4.78, 5) is -0.304. The van der Waals surface area contributed by atoms with Gasteiger partial charge in [0.25, 0.3) is 0 Å². The quantitative estimate of drug-likeness (QED) is 0.625. The van der Waals surface area contributed by atoms with Gasteiger partial charge < -0.3 is 4.18 Å². The monoisotopic (exact) mass is 388 g/mol. The molecule has 3 aromatic rings. The number of benzene rings is 3. The lowest BCUT2D eigenvalue weighted by Gasteiger charge is -2.12. The van der Waals surface area contributed by atoms with E-state index >= 15 is 0 Å². The molecule has 134 valence electrons. The molecule has 0 saturated heterocycles. The van der Waals surface area contributed by atoms with Gasteiger partial charge in [-0.25, -0.2) is 8.42 Å². The van der Waals surface area contributed by atoms with Crippen LogP contribution < -0.4 is 4.18 Å². The molecule has 7 heteroatoms. The summed E-state index contributed by atoms with van der Waals surface area (Å²) in [6.45, 7) is 0. The van der Waals surface area contributed by atoms with Crippen LogP contribution in [0.1, 0.15) is 0 Å². The van der Waals surface area contributed by atoms with Crippen molar-refractivity contribution in [3.05, 3.63) is 78.9 Å². The van der Waals surface area contributed by atoms with Crippen LogP contribution in [0.25, 0.3) is 11.1 Å². The smallest absolute Gasteiger partial charge is 0.339 e. The van der Waals surface area contributed by atoms with Crippen LogP contribution in [0.5, 0.6) is 5.75 Å². The third-order valence-electron chi connectivity index (χ3n) is 3.69. The molecule has 0 unspecified atom stereocenters. The normalized spacial score (nSPS) is 11.9. The number of hydrogen-bond donors (Lipinski definition) is 0. The molecule has 0 aliphatic heterocycles. The second-order valence-electron chi connectivity index (χ2n) is 5.65. The predicted molar refractivity (Wildman–Crippen MR) is 99.2 cm³/mol. The molecule has 26 heavy (non-hydrogen) atoms. The van der Waals surface area contributed by atoms with E-state index in [1.807, 2.05) is 30.3 Å². The molecule has 0 saturated carbocycles. The largest absolute Gasteiger partial charge is 0.378 e. The van der Waals surface area contributed by atoms with E-state index < -0.39 is 20.0 Å². The van der Waals surface area contributed by atoms with Gasteiger partial charge in [-0.05, 0) is 29.8 Å². The first kappa shape index (κ1) is 18.2. The second-order valence-corrected chi connectivity index (χ2v) is 9.21. The van der Waals surface area contributed by atoms with Gasteiger partial charge in [0.2, 0.25) is 0 Å². The van der Waals surface area contributed by atoms with Gasteiger partial charge >= 0.3 is 10.1 Å². The van der Waals surface area contributed by atoms with Crippen molar-refractivity contribution in [2.45, 2.75) is 9.79 Å². The van der Waals surface area contributed by atoms with Gasteiger partial charge in [0.05, 0.1) is 4.90 Å². The van der Waals surface area contributed by atoms with E-state index in [4.69, 9.17) is 4.18 Å². The highest BCUT2D eigenvalue weighted by Crippen LogP contribution is 2.32. The fourth-order valence-corrected chi connectivity index (χ4v) is 4.16. The van der Waals surface area contributed by atoms with Crippen molar-refractivity contribution in [3.8, 4) is 16.9 Å². The van der Waals surface area contributed by atoms with Crippen molar-refractivity contribution in [2.75, 3.05) is 6.26 Å². The van der Waals surface area contributed by atoms with Crippen molar-refractivity contribution < 1.29 is 21.0 Å². The summed E-state index contributed by atoms with van der Waals surface area (Å²) in [5, 5.41) is 0. The molecule has 5 nitrogen and oxygen atoms in total. The fraction of sp³-hybridized carbons (Fsp3) is 0.0526. The minimum absolute atomic E-state index is 0.0847. The zero-order valence-electron chi connectivity index (χ0n) is 13.9. The first-order valence-corrected chi connectivity index (χ1v) is 11.0. The predicted octanol–water partition coefficient (Wildman–Crippen LogP) is 3.52. The zero-order chi connectivity index (χ0) is 18.8. The molecular weight excluding hydrogens is 372 g/mol. The Labute approximate surface area is 152 Å². The van der Waals surface area contributed by atoms with E-state index in [1.165, 1.54) is 18.2 Å². The molecular formula is C19H16O5S2. The first-order chi connectivity index (χ1) is 12.3. The maximum atomic E-state index is 12.6. The highest BCUT2D eigenvalue weighted by atomic mass is 32.2. The van der Waals surface area contributed by atoms with Gasteiger partial charge in [-0.3, -0.25) is 0 Å². The summed E-state index contributed by atoms with van der Waals surface area (Å²) in [5.41, 5.74) is 1.43. The summed E-state index contributed by atoms with van der Waals surface area (Å²) >= 11 is 0. The van der Waals surface area contributed by atoms with Gasteiger partial charge in [-0.1, -0.05) is 54.6 Å². The molecule has 0 heterocycles. The zero-order valence-corrected chi connectivity index (χ0v) is 15.5. The van der Waals surface area contributed by atoms with E-state index in [1.54, 1.807) is 24.3 Å². The topological polar surface area (TPSA) is 77.5 Å². The lowest BCUT2D eigenvalue weighted by Crippen LogP contribution is -2.11. The molecule has 0 aliphatic rings. The molecule has 0 atom stereocenters. The molecule has 0 bridgehead atoms. The van der Waals surface area contributed by atoms with Crippen LogP contribution in [0, 0.1) is 0 Å². The summed E-state index contributed by atoms with van der Waals surface area (Å²) in [6.07, 6.45) is 1.02. The van der Waals surface area contributed by atoms with Crippen molar-refractivity contribution in [3.63, 3.8) is 0 Å². The molecule has 0 spiro atoms. The second kappa shape index (κ2) is 6.93. The van der Waals surface area contributed by atoms with Crippen molar-refractivity contribution >= 4 is 20.0 Å². The molecule has 0 aliphatic carbocycles. The van der Waals surface area contributed by atoms with Crippen LogP contribution in [0.3, 0.4) is 0 Å². The van der Waals surface area contributed by atoms with Crippen LogP contribution >= 0.6 is 0 Å². The van der Waals surface area contributed by atoms with E-state index in [9.17, 15) is 16.8 Å². The van der Waals surface area contributed by atoms with E-state index in [0.29, 0.717) is 5.56 Å². The Balaban J connectivity index is 2.02. The fourth-order valence-electron chi connectivity index (χ4n) is 2.42. The van der Waals surface area contributed by atoms with Gasteiger partial charge in [-0.2, -0.15) is 8.42 Å². The average molecular weight is 388 g/mol. The van der Waals surface area contributed by atoms with E-state index in [2.05, 4.69) is 0 Å². The van der Waals surface area contributed by atoms with Gasteiger partial charge in [0.1, 0.15) is 4.90 Å². The number of para-hydroxylation sites is 1. The van der Waals surface area contributed by atoms with Crippen LogP contribution in [0.15, 0.2) is 88.7 Å². The minimum atomic E-state index is -4.19. The Hall–Kier alpha value is -2.64. The maximum Gasteiger partial charge on any atom is 0.339 e. The molecule has 3 aromatic carbocycles. The van der Waals surface area contributed by atoms with Crippen molar-refractivity contribution in [2.24, 2.45) is 0 Å². The van der Waals surface area contributed by atoms with Gasteiger partial charge in [0.15, 0.2) is 15.6 Å². The number of sulfone groups is 1. The van der Waals surface area contributed by atoms with Gasteiger partial charge in [0, 0.05) is 11.8 Å².